The number of hydrogen-bond acceptors (Lipinski definition) is 2. The zero-order valence-corrected chi connectivity index (χ0v) is 13.2. The average Bonchev–Trinajstić information content (AvgIpc) is 3.10. The molecular weight excluding hydrogens is 296 g/mol. The minimum atomic E-state index is -1.09. The number of aromatic nitrogens is 2. The molecule has 0 radical (unpaired) electrons. The van der Waals surface area contributed by atoms with Gasteiger partial charge in [0, 0.05) is 17.5 Å². The van der Waals surface area contributed by atoms with E-state index in [0.717, 1.165) is 22.5 Å². The van der Waals surface area contributed by atoms with Crippen LogP contribution in [0.1, 0.15) is 12.2 Å². The van der Waals surface area contributed by atoms with Crippen molar-refractivity contribution >= 4 is 0 Å². The number of aliphatic hydroxyl groups is 1. The molecule has 1 aromatic heterocycles. The Hall–Kier alpha value is -2.91. The lowest BCUT2D eigenvalue weighted by Gasteiger charge is -2.22. The van der Waals surface area contributed by atoms with E-state index in [-0.39, 0.29) is 0 Å². The van der Waals surface area contributed by atoms with Crippen LogP contribution in [0.25, 0.3) is 22.5 Å². The van der Waals surface area contributed by atoms with Crippen LogP contribution in [0.15, 0.2) is 85.0 Å². The van der Waals surface area contributed by atoms with E-state index >= 15 is 0 Å². The number of hydrogen-bond donors (Lipinski definition) is 2. The second-order valence-corrected chi connectivity index (χ2v) is 5.96. The molecule has 0 fully saturated rings. The number of nitrogens with one attached hydrogen (secondary N) is 1. The Bertz CT molecular complexity index is 837. The molecule has 2 aromatic carbocycles. The van der Waals surface area contributed by atoms with Crippen molar-refractivity contribution in [3.8, 4) is 22.5 Å². The maximum Gasteiger partial charge on any atom is 0.144 e. The van der Waals surface area contributed by atoms with Crippen LogP contribution in [-0.4, -0.2) is 15.1 Å². The van der Waals surface area contributed by atoms with Gasteiger partial charge in [-0.25, -0.2) is 4.98 Å². The SMILES string of the molecule is OC1(c2nc(-c3ccccc3)c(-c3ccccc3)[nH]2)C=CC=CC1. The summed E-state index contributed by atoms with van der Waals surface area (Å²) in [6, 6.07) is 20.1. The van der Waals surface area contributed by atoms with Crippen molar-refractivity contribution in [2.24, 2.45) is 0 Å². The van der Waals surface area contributed by atoms with Gasteiger partial charge in [0.25, 0.3) is 0 Å². The molecule has 0 aliphatic heterocycles. The van der Waals surface area contributed by atoms with Crippen LogP contribution in [0.5, 0.6) is 0 Å². The smallest absolute Gasteiger partial charge is 0.144 e. The highest BCUT2D eigenvalue weighted by Gasteiger charge is 2.31. The minimum absolute atomic E-state index is 0.513. The van der Waals surface area contributed by atoms with Crippen molar-refractivity contribution in [3.05, 3.63) is 90.8 Å². The molecule has 1 heterocycles. The number of rotatable bonds is 3. The fraction of sp³-hybridized carbons (Fsp3) is 0.0952. The monoisotopic (exact) mass is 314 g/mol. The van der Waals surface area contributed by atoms with Crippen LogP contribution < -0.4 is 0 Å². The van der Waals surface area contributed by atoms with E-state index in [1.807, 2.05) is 78.9 Å². The number of imidazole rings is 1. The summed E-state index contributed by atoms with van der Waals surface area (Å²) in [5.41, 5.74) is 2.76. The number of aromatic amines is 1. The zero-order chi connectivity index (χ0) is 16.4. The maximum absolute atomic E-state index is 10.9. The van der Waals surface area contributed by atoms with Crippen LogP contribution in [-0.2, 0) is 5.60 Å². The first-order chi connectivity index (χ1) is 11.8. The summed E-state index contributed by atoms with van der Waals surface area (Å²) in [6.07, 6.45) is 8.05. The van der Waals surface area contributed by atoms with Crippen LogP contribution in [0, 0.1) is 0 Å². The van der Waals surface area contributed by atoms with Crippen LogP contribution in [0.4, 0.5) is 0 Å². The van der Waals surface area contributed by atoms with Crippen LogP contribution in [0.2, 0.25) is 0 Å². The number of benzene rings is 2. The Kier molecular flexibility index (Phi) is 3.63. The standard InChI is InChI=1S/C21H18N2O/c24-21(14-8-3-9-15-21)20-22-18(16-10-4-1-5-11-16)19(23-20)17-12-6-2-7-13-17/h1-14,24H,15H2,(H,22,23). The molecule has 3 nitrogen and oxygen atoms in total. The lowest BCUT2D eigenvalue weighted by molar-refractivity contribution is 0.0828. The van der Waals surface area contributed by atoms with Crippen molar-refractivity contribution in [1.29, 1.82) is 0 Å². The van der Waals surface area contributed by atoms with E-state index in [4.69, 9.17) is 4.98 Å². The highest BCUT2D eigenvalue weighted by atomic mass is 16.3. The van der Waals surface area contributed by atoms with Crippen LogP contribution >= 0.6 is 0 Å². The van der Waals surface area contributed by atoms with Gasteiger partial charge in [-0.15, -0.1) is 0 Å². The molecule has 4 rings (SSSR count). The molecule has 1 aliphatic carbocycles. The van der Waals surface area contributed by atoms with E-state index in [1.54, 1.807) is 6.08 Å². The third-order valence-electron chi connectivity index (χ3n) is 4.27. The van der Waals surface area contributed by atoms with Gasteiger partial charge in [0.15, 0.2) is 0 Å². The van der Waals surface area contributed by atoms with E-state index in [0.29, 0.717) is 12.2 Å². The highest BCUT2D eigenvalue weighted by Crippen LogP contribution is 2.35. The number of nitrogens with zero attached hydrogens (tertiary/aromatic N) is 1. The second kappa shape index (κ2) is 5.95. The molecule has 1 aliphatic rings. The molecule has 1 atom stereocenters. The van der Waals surface area contributed by atoms with E-state index in [1.165, 1.54) is 0 Å². The van der Waals surface area contributed by atoms with Gasteiger partial charge < -0.3 is 10.1 Å². The topological polar surface area (TPSA) is 48.9 Å². The molecule has 0 saturated heterocycles. The molecule has 0 saturated carbocycles. The van der Waals surface area contributed by atoms with Gasteiger partial charge in [0.05, 0.1) is 11.4 Å². The minimum Gasteiger partial charge on any atom is -0.377 e. The summed E-state index contributed by atoms with van der Waals surface area (Å²) in [4.78, 5) is 8.12. The van der Waals surface area contributed by atoms with Gasteiger partial charge in [0.1, 0.15) is 11.4 Å². The van der Waals surface area contributed by atoms with Crippen LogP contribution in [0.3, 0.4) is 0 Å². The summed E-state index contributed by atoms with van der Waals surface area (Å²) in [5, 5.41) is 10.9. The van der Waals surface area contributed by atoms with Crippen molar-refractivity contribution < 1.29 is 5.11 Å². The first-order valence-electron chi connectivity index (χ1n) is 8.04. The normalized spacial score (nSPS) is 19.5. The van der Waals surface area contributed by atoms with Gasteiger partial charge in [-0.05, 0) is 6.08 Å². The Labute approximate surface area is 141 Å². The van der Waals surface area contributed by atoms with Crippen molar-refractivity contribution in [1.82, 2.24) is 9.97 Å². The van der Waals surface area contributed by atoms with Crippen molar-refractivity contribution in [2.75, 3.05) is 0 Å². The van der Waals surface area contributed by atoms with Crippen molar-refractivity contribution in [2.45, 2.75) is 12.0 Å². The Balaban J connectivity index is 1.89. The largest absolute Gasteiger partial charge is 0.377 e. The Morgan fingerprint density at radius 1 is 0.875 bits per heavy atom. The summed E-state index contributed by atoms with van der Waals surface area (Å²) in [6.45, 7) is 0. The molecule has 24 heavy (non-hydrogen) atoms. The first kappa shape index (κ1) is 14.7. The molecule has 3 heteroatoms. The third kappa shape index (κ3) is 2.59. The summed E-state index contributed by atoms with van der Waals surface area (Å²) in [5.74, 6) is 0.570. The van der Waals surface area contributed by atoms with Crippen molar-refractivity contribution in [3.63, 3.8) is 0 Å². The van der Waals surface area contributed by atoms with Gasteiger partial charge in [-0.2, -0.15) is 0 Å². The lowest BCUT2D eigenvalue weighted by atomic mass is 9.95. The Morgan fingerprint density at radius 2 is 1.54 bits per heavy atom. The molecule has 118 valence electrons. The van der Waals surface area contributed by atoms with E-state index in [9.17, 15) is 5.11 Å². The van der Waals surface area contributed by atoms with Gasteiger partial charge in [-0.3, -0.25) is 0 Å². The first-order valence-corrected chi connectivity index (χ1v) is 8.04. The molecule has 0 bridgehead atoms. The molecule has 2 N–H and O–H groups in total. The maximum atomic E-state index is 10.9. The van der Waals surface area contributed by atoms with Gasteiger partial charge >= 0.3 is 0 Å². The summed E-state index contributed by atoms with van der Waals surface area (Å²) >= 11 is 0. The Morgan fingerprint density at radius 3 is 2.17 bits per heavy atom. The predicted octanol–water partition coefficient (Wildman–Crippen LogP) is 4.45. The highest BCUT2D eigenvalue weighted by molar-refractivity contribution is 5.78. The van der Waals surface area contributed by atoms with Gasteiger partial charge in [0.2, 0.25) is 0 Å². The molecular formula is C21H18N2O. The van der Waals surface area contributed by atoms with E-state index in [2.05, 4.69) is 4.98 Å². The summed E-state index contributed by atoms with van der Waals surface area (Å²) < 4.78 is 0. The van der Waals surface area contributed by atoms with Gasteiger partial charge in [-0.1, -0.05) is 78.9 Å². The fourth-order valence-electron chi connectivity index (χ4n) is 2.98. The third-order valence-corrected chi connectivity index (χ3v) is 4.27. The second-order valence-electron chi connectivity index (χ2n) is 5.96. The molecule has 0 amide bonds. The zero-order valence-electron chi connectivity index (χ0n) is 13.2. The number of allylic oxidation sites excluding steroid dienone is 2. The molecule has 3 aromatic rings. The molecule has 1 unspecified atom stereocenters. The average molecular weight is 314 g/mol. The number of H-pyrrole nitrogens is 1. The predicted molar refractivity (Wildman–Crippen MR) is 96.3 cm³/mol. The quantitative estimate of drug-likeness (QED) is 0.750. The molecule has 0 spiro atoms. The lowest BCUT2D eigenvalue weighted by Crippen LogP contribution is -2.24. The summed E-state index contributed by atoms with van der Waals surface area (Å²) in [7, 11) is 0. The fourth-order valence-corrected chi connectivity index (χ4v) is 2.98. The van der Waals surface area contributed by atoms with E-state index < -0.39 is 5.60 Å².